The lowest BCUT2D eigenvalue weighted by Gasteiger charge is -2.00. The fourth-order valence-corrected chi connectivity index (χ4v) is 3.71. The minimum Gasteiger partial charge on any atom is -0.422 e. The van der Waals surface area contributed by atoms with Gasteiger partial charge in [-0.05, 0) is 31.2 Å². The summed E-state index contributed by atoms with van der Waals surface area (Å²) in [6, 6.07) is 15.6. The van der Waals surface area contributed by atoms with E-state index in [-0.39, 0.29) is 5.63 Å². The molecular formula is C19H12BrNO2S. The number of benzene rings is 2. The minimum atomic E-state index is -0.366. The van der Waals surface area contributed by atoms with E-state index in [9.17, 15) is 4.79 Å². The predicted octanol–water partition coefficient (Wildman–Crippen LogP) is 5.65. The van der Waals surface area contributed by atoms with Crippen molar-refractivity contribution >= 4 is 38.2 Å². The average molecular weight is 398 g/mol. The van der Waals surface area contributed by atoms with Crippen molar-refractivity contribution in [2.75, 3.05) is 0 Å². The Morgan fingerprint density at radius 3 is 2.67 bits per heavy atom. The zero-order valence-electron chi connectivity index (χ0n) is 12.7. The fourth-order valence-electron chi connectivity index (χ4n) is 2.50. The van der Waals surface area contributed by atoms with Crippen molar-refractivity contribution in [2.24, 2.45) is 0 Å². The first kappa shape index (κ1) is 15.3. The third-order valence-electron chi connectivity index (χ3n) is 3.78. The Kier molecular flexibility index (Phi) is 3.82. The van der Waals surface area contributed by atoms with Gasteiger partial charge in [-0.25, -0.2) is 9.78 Å². The SMILES string of the molecule is Cc1ccc(-c2csc(-c3cc4cc(Br)ccc4oc3=O)n2)cc1. The maximum atomic E-state index is 12.3. The molecule has 4 aromatic rings. The predicted molar refractivity (Wildman–Crippen MR) is 101 cm³/mol. The molecule has 3 nitrogen and oxygen atoms in total. The van der Waals surface area contributed by atoms with Gasteiger partial charge in [0.15, 0.2) is 0 Å². The lowest BCUT2D eigenvalue weighted by atomic mass is 10.1. The Labute approximate surface area is 150 Å². The number of hydrogen-bond donors (Lipinski definition) is 0. The van der Waals surface area contributed by atoms with Crippen LogP contribution in [-0.4, -0.2) is 4.98 Å². The molecule has 0 radical (unpaired) electrons. The number of hydrogen-bond acceptors (Lipinski definition) is 4. The topological polar surface area (TPSA) is 43.1 Å². The van der Waals surface area contributed by atoms with Gasteiger partial charge in [0.05, 0.1) is 11.3 Å². The van der Waals surface area contributed by atoms with E-state index < -0.39 is 0 Å². The largest absolute Gasteiger partial charge is 0.422 e. The number of thiazole rings is 1. The van der Waals surface area contributed by atoms with E-state index in [1.54, 1.807) is 6.07 Å². The van der Waals surface area contributed by atoms with Crippen molar-refractivity contribution < 1.29 is 4.42 Å². The zero-order valence-corrected chi connectivity index (χ0v) is 15.1. The van der Waals surface area contributed by atoms with E-state index in [1.165, 1.54) is 16.9 Å². The van der Waals surface area contributed by atoms with Crippen LogP contribution in [-0.2, 0) is 0 Å². The number of aromatic nitrogens is 1. The molecule has 0 aliphatic heterocycles. The standard InChI is InChI=1S/C19H12BrNO2S/c1-11-2-4-12(5-3-11)16-10-24-18(21-16)15-9-13-8-14(20)6-7-17(13)23-19(15)22/h2-10H,1H3. The van der Waals surface area contributed by atoms with E-state index in [4.69, 9.17) is 4.42 Å². The Morgan fingerprint density at radius 2 is 1.88 bits per heavy atom. The second kappa shape index (κ2) is 6.00. The van der Waals surface area contributed by atoms with E-state index in [2.05, 4.69) is 40.0 Å². The molecule has 0 N–H and O–H groups in total. The molecule has 24 heavy (non-hydrogen) atoms. The summed E-state index contributed by atoms with van der Waals surface area (Å²) < 4.78 is 6.36. The Hall–Kier alpha value is -2.24. The van der Waals surface area contributed by atoms with Gasteiger partial charge in [-0.2, -0.15) is 0 Å². The first-order chi connectivity index (χ1) is 11.6. The summed E-state index contributed by atoms with van der Waals surface area (Å²) in [5.41, 5.74) is 3.80. The quantitative estimate of drug-likeness (QED) is 0.410. The van der Waals surface area contributed by atoms with Crippen molar-refractivity contribution in [3.63, 3.8) is 0 Å². The van der Waals surface area contributed by atoms with Gasteiger partial charge in [0.1, 0.15) is 10.6 Å². The summed E-state index contributed by atoms with van der Waals surface area (Å²) in [6.45, 7) is 2.05. The second-order valence-electron chi connectivity index (χ2n) is 5.53. The van der Waals surface area contributed by atoms with Crippen LogP contribution in [0.2, 0.25) is 0 Å². The summed E-state index contributed by atoms with van der Waals surface area (Å²) in [7, 11) is 0. The highest BCUT2D eigenvalue weighted by atomic mass is 79.9. The second-order valence-corrected chi connectivity index (χ2v) is 7.31. The maximum absolute atomic E-state index is 12.3. The van der Waals surface area contributed by atoms with Crippen LogP contribution in [0.15, 0.2) is 67.6 Å². The van der Waals surface area contributed by atoms with Gasteiger partial charge in [0.25, 0.3) is 0 Å². The Morgan fingerprint density at radius 1 is 1.08 bits per heavy atom. The van der Waals surface area contributed by atoms with E-state index >= 15 is 0 Å². The molecule has 0 fully saturated rings. The van der Waals surface area contributed by atoms with Gasteiger partial charge >= 0.3 is 5.63 Å². The fraction of sp³-hybridized carbons (Fsp3) is 0.0526. The molecule has 0 aliphatic rings. The number of fused-ring (bicyclic) bond motifs is 1. The first-order valence-corrected chi connectivity index (χ1v) is 9.04. The monoisotopic (exact) mass is 397 g/mol. The van der Waals surface area contributed by atoms with Crippen molar-refractivity contribution in [3.05, 3.63) is 74.4 Å². The molecule has 0 saturated carbocycles. The number of halogens is 1. The van der Waals surface area contributed by atoms with Gasteiger partial charge in [-0.15, -0.1) is 11.3 Å². The van der Waals surface area contributed by atoms with Gasteiger partial charge in [-0.1, -0.05) is 45.8 Å². The Bertz CT molecular complexity index is 1100. The molecule has 0 aliphatic carbocycles. The summed E-state index contributed by atoms with van der Waals surface area (Å²) in [4.78, 5) is 16.9. The smallest absolute Gasteiger partial charge is 0.346 e. The van der Waals surface area contributed by atoms with E-state index in [1.807, 2.05) is 35.7 Å². The van der Waals surface area contributed by atoms with Crippen LogP contribution in [0.1, 0.15) is 5.56 Å². The van der Waals surface area contributed by atoms with Gasteiger partial charge in [-0.3, -0.25) is 0 Å². The molecule has 0 saturated heterocycles. The molecule has 0 bridgehead atoms. The highest BCUT2D eigenvalue weighted by Gasteiger charge is 2.13. The lowest BCUT2D eigenvalue weighted by Crippen LogP contribution is -2.02. The third-order valence-corrected chi connectivity index (χ3v) is 5.14. The Balaban J connectivity index is 1.81. The van der Waals surface area contributed by atoms with Crippen LogP contribution in [0, 0.1) is 6.92 Å². The van der Waals surface area contributed by atoms with E-state index in [0.29, 0.717) is 16.2 Å². The highest BCUT2D eigenvalue weighted by Crippen LogP contribution is 2.29. The van der Waals surface area contributed by atoms with Crippen LogP contribution >= 0.6 is 27.3 Å². The third kappa shape index (κ3) is 2.81. The number of aryl methyl sites for hydroxylation is 1. The average Bonchev–Trinajstić information content (AvgIpc) is 3.05. The molecule has 5 heteroatoms. The van der Waals surface area contributed by atoms with Gasteiger partial charge in [0.2, 0.25) is 0 Å². The lowest BCUT2D eigenvalue weighted by molar-refractivity contribution is 0.563. The maximum Gasteiger partial charge on any atom is 0.346 e. The summed E-state index contributed by atoms with van der Waals surface area (Å²) in [5, 5.41) is 3.50. The highest BCUT2D eigenvalue weighted by molar-refractivity contribution is 9.10. The van der Waals surface area contributed by atoms with Gasteiger partial charge < -0.3 is 4.42 Å². The summed E-state index contributed by atoms with van der Waals surface area (Å²) >= 11 is 4.89. The van der Waals surface area contributed by atoms with E-state index in [0.717, 1.165) is 21.1 Å². The van der Waals surface area contributed by atoms with Crippen LogP contribution in [0.3, 0.4) is 0 Å². The van der Waals surface area contributed by atoms with Crippen LogP contribution < -0.4 is 5.63 Å². The molecular weight excluding hydrogens is 386 g/mol. The molecule has 0 spiro atoms. The van der Waals surface area contributed by atoms with Crippen molar-refractivity contribution in [1.29, 1.82) is 0 Å². The minimum absolute atomic E-state index is 0.366. The molecule has 2 aromatic carbocycles. The van der Waals surface area contributed by atoms with Crippen molar-refractivity contribution in [2.45, 2.75) is 6.92 Å². The zero-order chi connectivity index (χ0) is 16.7. The summed E-state index contributed by atoms with van der Waals surface area (Å²) in [6.07, 6.45) is 0. The van der Waals surface area contributed by atoms with Crippen LogP contribution in [0.5, 0.6) is 0 Å². The van der Waals surface area contributed by atoms with Gasteiger partial charge in [0, 0.05) is 20.8 Å². The van der Waals surface area contributed by atoms with Crippen LogP contribution in [0.4, 0.5) is 0 Å². The normalized spacial score (nSPS) is 11.1. The summed E-state index contributed by atoms with van der Waals surface area (Å²) in [5.74, 6) is 0. The number of rotatable bonds is 2. The molecule has 0 amide bonds. The molecule has 2 aromatic heterocycles. The van der Waals surface area contributed by atoms with Crippen molar-refractivity contribution in [1.82, 2.24) is 4.98 Å². The molecule has 4 rings (SSSR count). The van der Waals surface area contributed by atoms with Crippen LogP contribution in [0.25, 0.3) is 32.8 Å². The first-order valence-electron chi connectivity index (χ1n) is 7.36. The molecule has 0 atom stereocenters. The van der Waals surface area contributed by atoms with Crippen molar-refractivity contribution in [3.8, 4) is 21.8 Å². The molecule has 0 unspecified atom stereocenters. The molecule has 118 valence electrons. The number of nitrogens with zero attached hydrogens (tertiary/aromatic N) is 1. The molecule has 2 heterocycles.